The van der Waals surface area contributed by atoms with E-state index in [2.05, 4.69) is 10.3 Å². The summed E-state index contributed by atoms with van der Waals surface area (Å²) in [5.41, 5.74) is 0.417. The van der Waals surface area contributed by atoms with Crippen molar-refractivity contribution in [2.75, 3.05) is 20.6 Å². The monoisotopic (exact) mass is 275 g/mol. The summed E-state index contributed by atoms with van der Waals surface area (Å²) in [6, 6.07) is 3.03. The molecule has 1 heterocycles. The summed E-state index contributed by atoms with van der Waals surface area (Å²) in [4.78, 5) is 17.7. The Morgan fingerprint density at radius 2 is 1.94 bits per heavy atom. The van der Waals surface area contributed by atoms with Crippen LogP contribution in [0.2, 0.25) is 10.3 Å². The molecule has 1 rings (SSSR count). The van der Waals surface area contributed by atoms with Crippen LogP contribution in [-0.2, 0) is 0 Å². The van der Waals surface area contributed by atoms with Crippen molar-refractivity contribution < 1.29 is 4.79 Å². The molecule has 1 amide bonds. The minimum absolute atomic E-state index is 0.0446. The number of nitrogens with one attached hydrogen (secondary N) is 1. The molecule has 0 fully saturated rings. The van der Waals surface area contributed by atoms with E-state index < -0.39 is 0 Å². The van der Waals surface area contributed by atoms with E-state index in [1.807, 2.05) is 25.9 Å². The molecular formula is C11H15Cl2N3O. The second-order valence-electron chi connectivity index (χ2n) is 4.14. The highest BCUT2D eigenvalue weighted by Gasteiger charge is 2.12. The maximum absolute atomic E-state index is 11.9. The first kappa shape index (κ1) is 14.2. The van der Waals surface area contributed by atoms with Gasteiger partial charge in [0.05, 0.1) is 0 Å². The summed E-state index contributed by atoms with van der Waals surface area (Å²) >= 11 is 11.5. The van der Waals surface area contributed by atoms with Gasteiger partial charge in [0.25, 0.3) is 5.91 Å². The molecule has 0 aliphatic carbocycles. The lowest BCUT2D eigenvalue weighted by molar-refractivity contribution is 0.0934. The summed E-state index contributed by atoms with van der Waals surface area (Å²) in [7, 11) is 3.89. The van der Waals surface area contributed by atoms with Crippen LogP contribution in [0.1, 0.15) is 17.3 Å². The van der Waals surface area contributed by atoms with Crippen molar-refractivity contribution in [2.45, 2.75) is 13.0 Å². The van der Waals surface area contributed by atoms with E-state index in [4.69, 9.17) is 23.2 Å². The minimum Gasteiger partial charge on any atom is -0.348 e. The number of aromatic nitrogens is 1. The van der Waals surface area contributed by atoms with Crippen molar-refractivity contribution in [1.29, 1.82) is 0 Å². The molecule has 94 valence electrons. The number of hydrogen-bond donors (Lipinski definition) is 1. The molecule has 6 heteroatoms. The van der Waals surface area contributed by atoms with Gasteiger partial charge in [0.2, 0.25) is 0 Å². The van der Waals surface area contributed by atoms with E-state index in [-0.39, 0.29) is 22.3 Å². The topological polar surface area (TPSA) is 45.2 Å². The Balaban J connectivity index is 2.69. The molecule has 1 N–H and O–H groups in total. The molecular weight excluding hydrogens is 261 g/mol. The quantitative estimate of drug-likeness (QED) is 0.856. The van der Waals surface area contributed by atoms with Crippen LogP contribution in [-0.4, -0.2) is 42.5 Å². The molecule has 0 saturated carbocycles. The van der Waals surface area contributed by atoms with Crippen molar-refractivity contribution in [1.82, 2.24) is 15.2 Å². The van der Waals surface area contributed by atoms with Crippen LogP contribution >= 0.6 is 23.2 Å². The number of pyridine rings is 1. The fraction of sp³-hybridized carbons (Fsp3) is 0.455. The number of halogens is 2. The third kappa shape index (κ3) is 4.89. The molecule has 4 nitrogen and oxygen atoms in total. The van der Waals surface area contributed by atoms with E-state index in [0.717, 1.165) is 6.54 Å². The Labute approximate surface area is 111 Å². The van der Waals surface area contributed by atoms with Crippen LogP contribution in [0.25, 0.3) is 0 Å². The summed E-state index contributed by atoms with van der Waals surface area (Å²) < 4.78 is 0. The highest BCUT2D eigenvalue weighted by Crippen LogP contribution is 2.14. The number of hydrogen-bond acceptors (Lipinski definition) is 3. The van der Waals surface area contributed by atoms with Gasteiger partial charge < -0.3 is 10.2 Å². The van der Waals surface area contributed by atoms with E-state index >= 15 is 0 Å². The van der Waals surface area contributed by atoms with E-state index in [0.29, 0.717) is 5.56 Å². The average molecular weight is 276 g/mol. The van der Waals surface area contributed by atoms with Gasteiger partial charge in [-0.3, -0.25) is 4.79 Å². The molecule has 0 radical (unpaired) electrons. The minimum atomic E-state index is -0.203. The third-order valence-corrected chi connectivity index (χ3v) is 2.43. The maximum atomic E-state index is 11.9. The number of amides is 1. The van der Waals surface area contributed by atoms with E-state index in [1.165, 1.54) is 12.1 Å². The number of carbonyl (C=O) groups excluding carboxylic acids is 1. The largest absolute Gasteiger partial charge is 0.348 e. The second-order valence-corrected chi connectivity index (χ2v) is 4.91. The lowest BCUT2D eigenvalue weighted by Gasteiger charge is -2.18. The fourth-order valence-corrected chi connectivity index (χ4v) is 1.96. The van der Waals surface area contributed by atoms with Gasteiger partial charge in [-0.25, -0.2) is 4.98 Å². The number of carbonyl (C=O) groups is 1. The molecule has 0 saturated heterocycles. The Bertz CT molecular complexity index is 389. The first-order valence-electron chi connectivity index (χ1n) is 5.17. The lowest BCUT2D eigenvalue weighted by atomic mass is 10.2. The van der Waals surface area contributed by atoms with Crippen LogP contribution in [0, 0.1) is 0 Å². The Kier molecular flexibility index (Phi) is 5.18. The zero-order valence-electron chi connectivity index (χ0n) is 10.00. The Hall–Kier alpha value is -0.840. The van der Waals surface area contributed by atoms with Gasteiger partial charge in [0.1, 0.15) is 10.3 Å². The maximum Gasteiger partial charge on any atom is 0.251 e. The zero-order chi connectivity index (χ0) is 13.0. The molecule has 0 bridgehead atoms. The van der Waals surface area contributed by atoms with Gasteiger partial charge in [-0.15, -0.1) is 0 Å². The smallest absolute Gasteiger partial charge is 0.251 e. The van der Waals surface area contributed by atoms with Crippen molar-refractivity contribution in [2.24, 2.45) is 0 Å². The van der Waals surface area contributed by atoms with Gasteiger partial charge in [0, 0.05) is 18.2 Å². The third-order valence-electron chi connectivity index (χ3n) is 2.04. The fourth-order valence-electron chi connectivity index (χ4n) is 1.50. The molecule has 0 aromatic carbocycles. The van der Waals surface area contributed by atoms with E-state index in [1.54, 1.807) is 0 Å². The molecule has 1 aromatic heterocycles. The van der Waals surface area contributed by atoms with Crippen LogP contribution < -0.4 is 5.32 Å². The van der Waals surface area contributed by atoms with Crippen molar-refractivity contribution in [3.63, 3.8) is 0 Å². The van der Waals surface area contributed by atoms with Crippen LogP contribution in [0.4, 0.5) is 0 Å². The van der Waals surface area contributed by atoms with Crippen LogP contribution in [0.5, 0.6) is 0 Å². The van der Waals surface area contributed by atoms with Gasteiger partial charge in [-0.1, -0.05) is 23.2 Å². The first-order chi connectivity index (χ1) is 7.88. The second kappa shape index (κ2) is 6.19. The average Bonchev–Trinajstić information content (AvgIpc) is 2.14. The molecule has 1 unspecified atom stereocenters. The van der Waals surface area contributed by atoms with Crippen LogP contribution in [0.15, 0.2) is 12.1 Å². The molecule has 0 aliphatic rings. The van der Waals surface area contributed by atoms with Gasteiger partial charge in [0.15, 0.2) is 0 Å². The predicted molar refractivity (Wildman–Crippen MR) is 69.7 cm³/mol. The van der Waals surface area contributed by atoms with Gasteiger partial charge >= 0.3 is 0 Å². The standard InChI is InChI=1S/C11H15Cl2N3O/c1-7(6-16(2)3)14-11(17)8-4-9(12)15-10(13)5-8/h4-5,7H,6H2,1-3H3,(H,14,17). The highest BCUT2D eigenvalue weighted by molar-refractivity contribution is 6.33. The molecule has 1 atom stereocenters. The lowest BCUT2D eigenvalue weighted by Crippen LogP contribution is -2.39. The SMILES string of the molecule is CC(CN(C)C)NC(=O)c1cc(Cl)nc(Cl)c1. The van der Waals surface area contributed by atoms with Gasteiger partial charge in [-0.05, 0) is 33.2 Å². The molecule has 0 aliphatic heterocycles. The van der Waals surface area contributed by atoms with E-state index in [9.17, 15) is 4.79 Å². The summed E-state index contributed by atoms with van der Waals surface area (Å²) in [5, 5.41) is 3.28. The molecule has 17 heavy (non-hydrogen) atoms. The number of rotatable bonds is 4. The molecule has 0 spiro atoms. The summed E-state index contributed by atoms with van der Waals surface area (Å²) in [6.45, 7) is 2.70. The summed E-state index contributed by atoms with van der Waals surface area (Å²) in [5.74, 6) is -0.203. The normalized spacial score (nSPS) is 12.6. The first-order valence-corrected chi connectivity index (χ1v) is 5.92. The summed E-state index contributed by atoms with van der Waals surface area (Å²) in [6.07, 6.45) is 0. The Morgan fingerprint density at radius 3 is 2.41 bits per heavy atom. The number of nitrogens with zero attached hydrogens (tertiary/aromatic N) is 2. The highest BCUT2D eigenvalue weighted by atomic mass is 35.5. The van der Waals surface area contributed by atoms with Crippen LogP contribution in [0.3, 0.4) is 0 Å². The van der Waals surface area contributed by atoms with Gasteiger partial charge in [-0.2, -0.15) is 0 Å². The predicted octanol–water partition coefficient (Wildman–Crippen LogP) is 2.07. The van der Waals surface area contributed by atoms with Crippen molar-refractivity contribution >= 4 is 29.1 Å². The Morgan fingerprint density at radius 1 is 1.41 bits per heavy atom. The van der Waals surface area contributed by atoms with Crippen molar-refractivity contribution in [3.05, 3.63) is 28.0 Å². The van der Waals surface area contributed by atoms with Crippen molar-refractivity contribution in [3.8, 4) is 0 Å². The zero-order valence-corrected chi connectivity index (χ0v) is 11.5. The number of likely N-dealkylation sites (N-methyl/N-ethyl adjacent to an activating group) is 1. The molecule has 1 aromatic rings.